The maximum Gasteiger partial charge on any atom is 0.329 e. The number of hydrogen-bond acceptors (Lipinski definition) is 4. The zero-order chi connectivity index (χ0) is 21.5. The number of nitrogens with one attached hydrogen (secondary N) is 1. The van der Waals surface area contributed by atoms with Crippen molar-refractivity contribution in [3.05, 3.63) is 50.0 Å². The van der Waals surface area contributed by atoms with Crippen LogP contribution in [0.15, 0.2) is 21.7 Å². The molecule has 0 radical (unpaired) electrons. The van der Waals surface area contributed by atoms with Crippen LogP contribution in [0, 0.1) is 18.9 Å². The predicted octanol–water partition coefficient (Wildman–Crippen LogP) is 2.79. The van der Waals surface area contributed by atoms with Gasteiger partial charge in [-0.1, -0.05) is 13.8 Å². The van der Waals surface area contributed by atoms with Gasteiger partial charge in [-0.05, 0) is 55.8 Å². The van der Waals surface area contributed by atoms with E-state index < -0.39 is 0 Å². The minimum atomic E-state index is -0.300. The lowest BCUT2D eigenvalue weighted by Gasteiger charge is -2.31. The summed E-state index contributed by atoms with van der Waals surface area (Å²) in [5, 5.41) is 0.598. The Bertz CT molecular complexity index is 1110. The Hall–Kier alpha value is -2.59. The molecule has 1 aliphatic carbocycles. The number of anilines is 1. The molecule has 1 aromatic carbocycles. The van der Waals surface area contributed by atoms with Gasteiger partial charge in [0, 0.05) is 31.4 Å². The summed E-state index contributed by atoms with van der Waals surface area (Å²) in [6, 6.07) is 4.12. The van der Waals surface area contributed by atoms with E-state index in [1.54, 1.807) is 4.57 Å². The molecule has 1 aliphatic heterocycles. The molecular weight excluding hydrogens is 378 g/mol. The molecule has 1 N–H and O–H groups in total. The van der Waals surface area contributed by atoms with Crippen molar-refractivity contribution in [2.45, 2.75) is 46.1 Å². The average Bonchev–Trinajstić information content (AvgIpc) is 3.47. The van der Waals surface area contributed by atoms with E-state index in [1.807, 2.05) is 19.1 Å². The second-order valence-corrected chi connectivity index (χ2v) is 9.20. The van der Waals surface area contributed by atoms with Crippen LogP contribution in [-0.2, 0) is 0 Å². The van der Waals surface area contributed by atoms with Crippen molar-refractivity contribution in [1.29, 1.82) is 0 Å². The molecule has 2 fully saturated rings. The van der Waals surface area contributed by atoms with Gasteiger partial charge in [0.1, 0.15) is 0 Å². The van der Waals surface area contributed by atoms with Crippen molar-refractivity contribution in [3.8, 4) is 0 Å². The number of hydrogen-bond donors (Lipinski definition) is 1. The fourth-order valence-electron chi connectivity index (χ4n) is 4.97. The number of rotatable bonds is 7. The maximum absolute atomic E-state index is 12.5. The molecular formula is C23H31N5O2. The number of H-pyrrole nitrogens is 1. The predicted molar refractivity (Wildman–Crippen MR) is 120 cm³/mol. The van der Waals surface area contributed by atoms with Crippen LogP contribution in [0.5, 0.6) is 0 Å². The van der Waals surface area contributed by atoms with Gasteiger partial charge in [-0.25, -0.2) is 11.4 Å². The highest BCUT2D eigenvalue weighted by atomic mass is 16.2. The molecule has 4 rings (SSSR count). The highest BCUT2D eigenvalue weighted by Crippen LogP contribution is 2.39. The van der Waals surface area contributed by atoms with Gasteiger partial charge in [-0.2, -0.15) is 0 Å². The highest BCUT2D eigenvalue weighted by molar-refractivity contribution is 5.87. The van der Waals surface area contributed by atoms with Crippen LogP contribution < -0.4 is 16.1 Å². The van der Waals surface area contributed by atoms with Gasteiger partial charge in [-0.3, -0.25) is 19.2 Å². The Morgan fingerprint density at radius 1 is 1.33 bits per heavy atom. The molecule has 0 spiro atoms. The molecule has 2 aromatic rings. The van der Waals surface area contributed by atoms with Crippen molar-refractivity contribution >= 4 is 16.6 Å². The number of benzene rings is 1. The molecule has 0 bridgehead atoms. The number of aromatic nitrogens is 2. The normalized spacial score (nSPS) is 21.5. The number of aromatic amines is 1. The zero-order valence-corrected chi connectivity index (χ0v) is 18.2. The van der Waals surface area contributed by atoms with Gasteiger partial charge in [-0.15, -0.1) is 0 Å². The van der Waals surface area contributed by atoms with Crippen LogP contribution in [0.1, 0.15) is 44.7 Å². The molecule has 160 valence electrons. The lowest BCUT2D eigenvalue weighted by molar-refractivity contribution is 0.192. The number of fused-ring (bicyclic) bond motifs is 1. The molecule has 0 amide bonds. The first kappa shape index (κ1) is 20.7. The molecule has 7 nitrogen and oxygen atoms in total. The van der Waals surface area contributed by atoms with E-state index in [1.165, 1.54) is 0 Å². The standard InChI is InChI=1S/C23H31N5O2/c1-5-26(13-11-24-4)14-23(3)10-12-27(15-23)19-9-8-18-20(16(19)2)28(17-6-7-17)22(30)25-21(18)29/h8-9,17H,5-7,10-15H2,1-3H3,(H,25,29,30). The van der Waals surface area contributed by atoms with E-state index in [-0.39, 0.29) is 22.7 Å². The molecule has 1 aromatic heterocycles. The Balaban J connectivity index is 1.65. The lowest BCUT2D eigenvalue weighted by Crippen LogP contribution is -2.39. The third-order valence-electron chi connectivity index (χ3n) is 6.72. The molecule has 7 heteroatoms. The molecule has 1 unspecified atom stereocenters. The number of aryl methyl sites for hydroxylation is 1. The van der Waals surface area contributed by atoms with E-state index in [9.17, 15) is 9.59 Å². The van der Waals surface area contributed by atoms with Gasteiger partial charge in [0.05, 0.1) is 17.4 Å². The second-order valence-electron chi connectivity index (χ2n) is 9.20. The van der Waals surface area contributed by atoms with Crippen molar-refractivity contribution in [2.75, 3.05) is 44.2 Å². The van der Waals surface area contributed by atoms with Crippen LogP contribution >= 0.6 is 0 Å². The van der Waals surface area contributed by atoms with E-state index >= 15 is 0 Å². The summed E-state index contributed by atoms with van der Waals surface area (Å²) in [7, 11) is 0. The van der Waals surface area contributed by atoms with Gasteiger partial charge < -0.3 is 9.74 Å². The van der Waals surface area contributed by atoms with Crippen LogP contribution in [0.4, 0.5) is 5.69 Å². The van der Waals surface area contributed by atoms with E-state index in [0.717, 1.165) is 68.8 Å². The highest BCUT2D eigenvalue weighted by Gasteiger charge is 2.36. The molecule has 1 saturated carbocycles. The first-order valence-corrected chi connectivity index (χ1v) is 11.0. The largest absolute Gasteiger partial charge is 0.371 e. The molecule has 2 aliphatic rings. The monoisotopic (exact) mass is 409 g/mol. The Labute approximate surface area is 177 Å². The SMILES string of the molecule is [C-]#[N+]CCN(CC)CC1(C)CCN(c2ccc3c(=O)[nH]c(=O)n(C4CC4)c3c2C)C1. The van der Waals surface area contributed by atoms with Gasteiger partial charge in [0.2, 0.25) is 6.54 Å². The van der Waals surface area contributed by atoms with Crippen molar-refractivity contribution < 1.29 is 0 Å². The lowest BCUT2D eigenvalue weighted by atomic mass is 9.89. The smallest absolute Gasteiger partial charge is 0.329 e. The summed E-state index contributed by atoms with van der Waals surface area (Å²) in [6.07, 6.45) is 3.07. The van der Waals surface area contributed by atoms with Crippen LogP contribution in [-0.4, -0.2) is 53.7 Å². The second kappa shape index (κ2) is 7.92. The van der Waals surface area contributed by atoms with Gasteiger partial charge in [0.15, 0.2) is 0 Å². The molecule has 2 heterocycles. The van der Waals surface area contributed by atoms with E-state index in [4.69, 9.17) is 6.57 Å². The van der Waals surface area contributed by atoms with Crippen LogP contribution in [0.25, 0.3) is 15.7 Å². The summed E-state index contributed by atoms with van der Waals surface area (Å²) in [5.41, 5.74) is 2.50. The van der Waals surface area contributed by atoms with Crippen LogP contribution in [0.2, 0.25) is 0 Å². The fraction of sp³-hybridized carbons (Fsp3) is 0.609. The van der Waals surface area contributed by atoms with E-state index in [2.05, 4.69) is 33.5 Å². The summed E-state index contributed by atoms with van der Waals surface area (Å²) >= 11 is 0. The maximum atomic E-state index is 12.5. The molecule has 1 saturated heterocycles. The first-order valence-electron chi connectivity index (χ1n) is 11.0. The first-order chi connectivity index (χ1) is 14.4. The summed E-state index contributed by atoms with van der Waals surface area (Å²) in [4.78, 5) is 35.7. The van der Waals surface area contributed by atoms with E-state index in [0.29, 0.717) is 11.9 Å². The average molecular weight is 410 g/mol. The quantitative estimate of drug-likeness (QED) is 0.714. The number of nitrogens with zero attached hydrogens (tertiary/aromatic N) is 4. The third kappa shape index (κ3) is 3.77. The summed E-state index contributed by atoms with van der Waals surface area (Å²) in [6.45, 7) is 18.8. The summed E-state index contributed by atoms with van der Waals surface area (Å²) < 4.78 is 1.80. The topological polar surface area (TPSA) is 65.7 Å². The van der Waals surface area contributed by atoms with Crippen molar-refractivity contribution in [1.82, 2.24) is 14.5 Å². The Morgan fingerprint density at radius 3 is 2.77 bits per heavy atom. The van der Waals surface area contributed by atoms with Crippen molar-refractivity contribution in [3.63, 3.8) is 0 Å². The van der Waals surface area contributed by atoms with Crippen molar-refractivity contribution in [2.24, 2.45) is 5.41 Å². The molecule has 1 atom stereocenters. The minimum absolute atomic E-state index is 0.157. The third-order valence-corrected chi connectivity index (χ3v) is 6.72. The fourth-order valence-corrected chi connectivity index (χ4v) is 4.97. The van der Waals surface area contributed by atoms with Gasteiger partial charge >= 0.3 is 5.69 Å². The minimum Gasteiger partial charge on any atom is -0.371 e. The Morgan fingerprint density at radius 2 is 2.10 bits per heavy atom. The van der Waals surface area contributed by atoms with Crippen LogP contribution in [0.3, 0.4) is 0 Å². The number of likely N-dealkylation sites (N-methyl/N-ethyl adjacent to an activating group) is 1. The van der Waals surface area contributed by atoms with Gasteiger partial charge in [0.25, 0.3) is 5.56 Å². The zero-order valence-electron chi connectivity index (χ0n) is 18.2. The summed E-state index contributed by atoms with van der Waals surface area (Å²) in [5.74, 6) is 0. The molecule has 30 heavy (non-hydrogen) atoms. The Kier molecular flexibility index (Phi) is 5.46.